The summed E-state index contributed by atoms with van der Waals surface area (Å²) in [7, 11) is 3.83. The van der Waals surface area contributed by atoms with Crippen molar-refractivity contribution in [1.82, 2.24) is 5.32 Å². The number of hydrogen-bond donors (Lipinski definition) is 3. The Morgan fingerprint density at radius 1 is 1.33 bits per heavy atom. The van der Waals surface area contributed by atoms with Crippen LogP contribution in [0, 0.1) is 0 Å². The van der Waals surface area contributed by atoms with Crippen molar-refractivity contribution in [1.29, 1.82) is 0 Å². The average Bonchev–Trinajstić information content (AvgIpc) is 2.28. The minimum absolute atomic E-state index is 0.115. The van der Waals surface area contributed by atoms with Gasteiger partial charge in [0.25, 0.3) is 0 Å². The molecule has 0 bridgehead atoms. The number of nitrogens with one attached hydrogen (secondary N) is 2. The summed E-state index contributed by atoms with van der Waals surface area (Å²) in [5, 5.41) is 14.6. The van der Waals surface area contributed by atoms with Gasteiger partial charge in [-0.1, -0.05) is 12.1 Å². The molecule has 1 aromatic carbocycles. The lowest BCUT2D eigenvalue weighted by atomic mass is 10.1. The minimum atomic E-state index is -0.642. The summed E-state index contributed by atoms with van der Waals surface area (Å²) >= 11 is 0. The van der Waals surface area contributed by atoms with Crippen LogP contribution in [-0.2, 0) is 0 Å². The van der Waals surface area contributed by atoms with Crippen LogP contribution in [0.15, 0.2) is 24.3 Å². The number of nitrogens with zero attached hydrogens (tertiary/aromatic N) is 1. The number of carbonyl (C=O) groups excluding carboxylic acids is 1. The maximum Gasteiger partial charge on any atom is 0.319 e. The highest BCUT2D eigenvalue weighted by molar-refractivity contribution is 5.93. The van der Waals surface area contributed by atoms with Crippen LogP contribution in [-0.4, -0.2) is 37.4 Å². The number of hydrogen-bond acceptors (Lipinski definition) is 3. The van der Waals surface area contributed by atoms with Crippen LogP contribution in [0.3, 0.4) is 0 Å². The van der Waals surface area contributed by atoms with E-state index in [0.717, 1.165) is 11.4 Å². The van der Waals surface area contributed by atoms with Gasteiger partial charge in [0.2, 0.25) is 0 Å². The molecule has 2 amide bonds. The van der Waals surface area contributed by atoms with Gasteiger partial charge in [0.1, 0.15) is 0 Å². The van der Waals surface area contributed by atoms with E-state index in [-0.39, 0.29) is 12.6 Å². The molecule has 0 aliphatic heterocycles. The average molecular weight is 251 g/mol. The molecule has 0 atom stereocenters. The first kappa shape index (κ1) is 14.3. The number of carbonyl (C=O) groups is 1. The second-order valence-corrected chi connectivity index (χ2v) is 5.03. The highest BCUT2D eigenvalue weighted by Crippen LogP contribution is 2.23. The van der Waals surface area contributed by atoms with Gasteiger partial charge in [-0.25, -0.2) is 4.79 Å². The predicted molar refractivity (Wildman–Crippen MR) is 74.1 cm³/mol. The molecule has 0 spiro atoms. The Morgan fingerprint density at radius 2 is 1.94 bits per heavy atom. The highest BCUT2D eigenvalue weighted by atomic mass is 16.3. The van der Waals surface area contributed by atoms with E-state index in [2.05, 4.69) is 10.6 Å². The number of para-hydroxylation sites is 2. The van der Waals surface area contributed by atoms with Gasteiger partial charge in [0.05, 0.1) is 23.5 Å². The Labute approximate surface area is 108 Å². The molecule has 0 aliphatic carbocycles. The maximum absolute atomic E-state index is 11.8. The zero-order valence-electron chi connectivity index (χ0n) is 11.3. The molecule has 0 aromatic heterocycles. The Kier molecular flexibility index (Phi) is 4.55. The highest BCUT2D eigenvalue weighted by Gasteiger charge is 2.19. The van der Waals surface area contributed by atoms with Crippen LogP contribution in [0.2, 0.25) is 0 Å². The zero-order valence-corrected chi connectivity index (χ0v) is 11.3. The standard InChI is InChI=1S/C13H21N3O2/c1-13(2,9-17)15-12(18)14-10-7-5-6-8-11(10)16(3)4/h5-8,17H,9H2,1-4H3,(H2,14,15,18). The predicted octanol–water partition coefficient (Wildman–Crippen LogP) is 1.64. The smallest absolute Gasteiger partial charge is 0.319 e. The number of aliphatic hydroxyl groups is 1. The summed E-state index contributed by atoms with van der Waals surface area (Å²) in [5.74, 6) is 0. The van der Waals surface area contributed by atoms with Crippen LogP contribution in [0.1, 0.15) is 13.8 Å². The van der Waals surface area contributed by atoms with Gasteiger partial charge in [-0.15, -0.1) is 0 Å². The third-order valence-electron chi connectivity index (χ3n) is 2.48. The molecule has 0 fully saturated rings. The number of anilines is 2. The normalized spacial score (nSPS) is 10.9. The fraction of sp³-hybridized carbons (Fsp3) is 0.462. The van der Waals surface area contributed by atoms with Gasteiger partial charge in [0.15, 0.2) is 0 Å². The van der Waals surface area contributed by atoms with E-state index in [1.807, 2.05) is 43.3 Å². The van der Waals surface area contributed by atoms with Crippen molar-refractivity contribution < 1.29 is 9.90 Å². The number of aliphatic hydroxyl groups excluding tert-OH is 1. The quantitative estimate of drug-likeness (QED) is 0.762. The number of amides is 2. The topological polar surface area (TPSA) is 64.6 Å². The molecule has 18 heavy (non-hydrogen) atoms. The van der Waals surface area contributed by atoms with E-state index < -0.39 is 5.54 Å². The number of rotatable bonds is 4. The first-order chi connectivity index (χ1) is 8.35. The molecule has 0 unspecified atom stereocenters. The second-order valence-electron chi connectivity index (χ2n) is 5.03. The number of urea groups is 1. The molecule has 0 saturated heterocycles. The van der Waals surface area contributed by atoms with Gasteiger partial charge < -0.3 is 20.6 Å². The van der Waals surface area contributed by atoms with Crippen molar-refractivity contribution in [3.05, 3.63) is 24.3 Å². The summed E-state index contributed by atoms with van der Waals surface area (Å²) in [6.07, 6.45) is 0. The summed E-state index contributed by atoms with van der Waals surface area (Å²) in [6, 6.07) is 7.20. The van der Waals surface area contributed by atoms with Gasteiger partial charge in [-0.3, -0.25) is 0 Å². The molecule has 1 rings (SSSR count). The minimum Gasteiger partial charge on any atom is -0.394 e. The summed E-state index contributed by atoms with van der Waals surface area (Å²) in [4.78, 5) is 13.7. The number of benzene rings is 1. The van der Waals surface area contributed by atoms with Crippen molar-refractivity contribution in [2.24, 2.45) is 0 Å². The summed E-state index contributed by atoms with van der Waals surface area (Å²) in [6.45, 7) is 3.39. The lowest BCUT2D eigenvalue weighted by Crippen LogP contribution is -2.48. The van der Waals surface area contributed by atoms with Gasteiger partial charge in [-0.05, 0) is 26.0 Å². The second kappa shape index (κ2) is 5.73. The van der Waals surface area contributed by atoms with Crippen LogP contribution in [0.25, 0.3) is 0 Å². The fourth-order valence-corrected chi connectivity index (χ4v) is 1.47. The molecule has 3 N–H and O–H groups in total. The molecule has 0 heterocycles. The van der Waals surface area contributed by atoms with E-state index in [9.17, 15) is 4.79 Å². The van der Waals surface area contributed by atoms with Gasteiger partial charge >= 0.3 is 6.03 Å². The molecular weight excluding hydrogens is 230 g/mol. The maximum atomic E-state index is 11.8. The zero-order chi connectivity index (χ0) is 13.8. The summed E-state index contributed by atoms with van der Waals surface area (Å²) < 4.78 is 0. The molecular formula is C13H21N3O2. The Balaban J connectivity index is 2.76. The third kappa shape index (κ3) is 3.92. The Morgan fingerprint density at radius 3 is 2.50 bits per heavy atom. The lowest BCUT2D eigenvalue weighted by Gasteiger charge is -2.24. The Bertz CT molecular complexity index is 416. The van der Waals surface area contributed by atoms with Crippen LogP contribution in [0.5, 0.6) is 0 Å². The van der Waals surface area contributed by atoms with Crippen molar-refractivity contribution in [3.63, 3.8) is 0 Å². The SMILES string of the molecule is CN(C)c1ccccc1NC(=O)NC(C)(C)CO. The molecule has 0 saturated carbocycles. The van der Waals surface area contributed by atoms with E-state index >= 15 is 0 Å². The molecule has 0 radical (unpaired) electrons. The van der Waals surface area contributed by atoms with E-state index in [1.54, 1.807) is 13.8 Å². The van der Waals surface area contributed by atoms with E-state index in [4.69, 9.17) is 5.11 Å². The molecule has 0 aliphatic rings. The molecule has 100 valence electrons. The first-order valence-electron chi connectivity index (χ1n) is 5.82. The van der Waals surface area contributed by atoms with Gasteiger partial charge in [-0.2, -0.15) is 0 Å². The summed E-state index contributed by atoms with van der Waals surface area (Å²) in [5.41, 5.74) is 1.01. The molecule has 5 nitrogen and oxygen atoms in total. The molecule has 1 aromatic rings. The first-order valence-corrected chi connectivity index (χ1v) is 5.82. The van der Waals surface area contributed by atoms with Gasteiger partial charge in [0, 0.05) is 14.1 Å². The largest absolute Gasteiger partial charge is 0.394 e. The lowest BCUT2D eigenvalue weighted by molar-refractivity contribution is 0.187. The van der Waals surface area contributed by atoms with Crippen molar-refractivity contribution in [2.45, 2.75) is 19.4 Å². The van der Waals surface area contributed by atoms with Crippen LogP contribution in [0.4, 0.5) is 16.2 Å². The van der Waals surface area contributed by atoms with Crippen molar-refractivity contribution in [3.8, 4) is 0 Å². The van der Waals surface area contributed by atoms with Crippen LogP contribution >= 0.6 is 0 Å². The van der Waals surface area contributed by atoms with E-state index in [0.29, 0.717) is 0 Å². The molecule has 5 heteroatoms. The fourth-order valence-electron chi connectivity index (χ4n) is 1.47. The van der Waals surface area contributed by atoms with Crippen molar-refractivity contribution >= 4 is 17.4 Å². The van der Waals surface area contributed by atoms with Crippen molar-refractivity contribution in [2.75, 3.05) is 30.9 Å². The monoisotopic (exact) mass is 251 g/mol. The third-order valence-corrected chi connectivity index (χ3v) is 2.48. The van der Waals surface area contributed by atoms with E-state index in [1.165, 1.54) is 0 Å². The Hall–Kier alpha value is -1.75. The van der Waals surface area contributed by atoms with Crippen LogP contribution < -0.4 is 15.5 Å².